The Kier molecular flexibility index (Phi) is 4.43. The summed E-state index contributed by atoms with van der Waals surface area (Å²) in [6.07, 6.45) is 1.59. The molecule has 0 saturated carbocycles. The van der Waals surface area contributed by atoms with Crippen LogP contribution in [0.25, 0.3) is 10.9 Å². The highest BCUT2D eigenvalue weighted by molar-refractivity contribution is 6.34. The van der Waals surface area contributed by atoms with E-state index in [1.165, 1.54) is 12.1 Å². The van der Waals surface area contributed by atoms with Gasteiger partial charge in [-0.05, 0) is 19.1 Å². The van der Waals surface area contributed by atoms with Crippen molar-refractivity contribution in [3.63, 3.8) is 0 Å². The van der Waals surface area contributed by atoms with Crippen LogP contribution in [0.15, 0.2) is 36.5 Å². The van der Waals surface area contributed by atoms with Crippen molar-refractivity contribution in [3.05, 3.63) is 47.4 Å². The highest BCUT2D eigenvalue weighted by atomic mass is 35.5. The number of rotatable bonds is 4. The van der Waals surface area contributed by atoms with Crippen LogP contribution in [0, 0.1) is 0 Å². The molecule has 3 aromatic heterocycles. The van der Waals surface area contributed by atoms with E-state index >= 15 is 0 Å². The van der Waals surface area contributed by atoms with E-state index in [0.29, 0.717) is 5.88 Å². The van der Waals surface area contributed by atoms with E-state index in [0.717, 1.165) is 0 Å². The number of hydrogen-bond acceptors (Lipinski definition) is 7. The molecule has 0 atom stereocenters. The number of carbonyl (C=O) groups is 1. The van der Waals surface area contributed by atoms with Gasteiger partial charge in [0.1, 0.15) is 5.52 Å². The SMILES string of the molecule is CCOC(=O)c1nc(Cl)c2nc(Oc3ccccn3)ccc2c1O. The third-order valence-electron chi connectivity index (χ3n) is 3.07. The normalized spacial score (nSPS) is 10.6. The van der Waals surface area contributed by atoms with E-state index in [1.54, 1.807) is 31.3 Å². The quantitative estimate of drug-likeness (QED) is 0.572. The molecule has 0 amide bonds. The summed E-state index contributed by atoms with van der Waals surface area (Å²) < 4.78 is 10.4. The molecule has 3 heterocycles. The Morgan fingerprint density at radius 2 is 2.04 bits per heavy atom. The number of fused-ring (bicyclic) bond motifs is 1. The van der Waals surface area contributed by atoms with E-state index in [9.17, 15) is 9.90 Å². The molecule has 0 bridgehead atoms. The van der Waals surface area contributed by atoms with Crippen molar-refractivity contribution in [2.24, 2.45) is 0 Å². The van der Waals surface area contributed by atoms with Crippen molar-refractivity contribution >= 4 is 28.5 Å². The molecule has 24 heavy (non-hydrogen) atoms. The molecule has 0 aromatic carbocycles. The van der Waals surface area contributed by atoms with Crippen molar-refractivity contribution in [3.8, 4) is 17.5 Å². The molecule has 7 nitrogen and oxygen atoms in total. The zero-order valence-electron chi connectivity index (χ0n) is 12.6. The minimum absolute atomic E-state index is 0.0441. The topological polar surface area (TPSA) is 94.4 Å². The van der Waals surface area contributed by atoms with Gasteiger partial charge in [-0.15, -0.1) is 0 Å². The number of ether oxygens (including phenoxy) is 2. The number of hydrogen-bond donors (Lipinski definition) is 1. The van der Waals surface area contributed by atoms with E-state index < -0.39 is 5.97 Å². The first-order valence-electron chi connectivity index (χ1n) is 7.05. The minimum Gasteiger partial charge on any atom is -0.505 e. The highest BCUT2D eigenvalue weighted by Gasteiger charge is 2.20. The summed E-state index contributed by atoms with van der Waals surface area (Å²) in [5.41, 5.74) is -0.0507. The van der Waals surface area contributed by atoms with E-state index in [1.807, 2.05) is 0 Å². The second-order valence-electron chi connectivity index (χ2n) is 4.64. The molecule has 3 aromatic rings. The number of esters is 1. The average molecular weight is 346 g/mol. The first kappa shape index (κ1) is 15.9. The Balaban J connectivity index is 2.03. The predicted octanol–water partition coefficient (Wildman–Crippen LogP) is 3.35. The van der Waals surface area contributed by atoms with Crippen LogP contribution in [-0.2, 0) is 4.74 Å². The van der Waals surface area contributed by atoms with Gasteiger partial charge in [0.2, 0.25) is 11.8 Å². The summed E-state index contributed by atoms with van der Waals surface area (Å²) in [7, 11) is 0. The predicted molar refractivity (Wildman–Crippen MR) is 86.5 cm³/mol. The Labute approximate surface area is 141 Å². The van der Waals surface area contributed by atoms with Crippen molar-refractivity contribution in [2.45, 2.75) is 6.92 Å². The van der Waals surface area contributed by atoms with E-state index in [-0.39, 0.29) is 40.0 Å². The van der Waals surface area contributed by atoms with E-state index in [2.05, 4.69) is 15.0 Å². The molecule has 0 aliphatic rings. The van der Waals surface area contributed by atoms with Gasteiger partial charge in [0.15, 0.2) is 16.6 Å². The molecule has 122 valence electrons. The average Bonchev–Trinajstić information content (AvgIpc) is 2.59. The summed E-state index contributed by atoms with van der Waals surface area (Å²) >= 11 is 6.09. The molecule has 0 spiro atoms. The van der Waals surface area contributed by atoms with Crippen LogP contribution in [-0.4, -0.2) is 32.6 Å². The van der Waals surface area contributed by atoms with Crippen LogP contribution in [0.3, 0.4) is 0 Å². The maximum absolute atomic E-state index is 11.8. The maximum atomic E-state index is 11.8. The molecule has 0 radical (unpaired) electrons. The van der Waals surface area contributed by atoms with Crippen LogP contribution >= 0.6 is 11.6 Å². The number of halogens is 1. The maximum Gasteiger partial charge on any atom is 0.360 e. The molecule has 0 aliphatic carbocycles. The second kappa shape index (κ2) is 6.67. The van der Waals surface area contributed by atoms with Gasteiger partial charge < -0.3 is 14.6 Å². The Morgan fingerprint density at radius 3 is 2.75 bits per heavy atom. The van der Waals surface area contributed by atoms with Crippen LogP contribution in [0.4, 0.5) is 0 Å². The van der Waals surface area contributed by atoms with Crippen LogP contribution in [0.2, 0.25) is 5.15 Å². The Hall–Kier alpha value is -2.93. The largest absolute Gasteiger partial charge is 0.505 e. The van der Waals surface area contributed by atoms with Gasteiger partial charge in [-0.2, -0.15) is 0 Å². The molecule has 0 saturated heterocycles. The smallest absolute Gasteiger partial charge is 0.360 e. The fraction of sp³-hybridized carbons (Fsp3) is 0.125. The third kappa shape index (κ3) is 3.07. The molecule has 0 unspecified atom stereocenters. The van der Waals surface area contributed by atoms with Crippen molar-refractivity contribution < 1.29 is 19.4 Å². The lowest BCUT2D eigenvalue weighted by molar-refractivity contribution is 0.0516. The summed E-state index contributed by atoms with van der Waals surface area (Å²) in [5, 5.41) is 10.5. The zero-order chi connectivity index (χ0) is 17.1. The molecular weight excluding hydrogens is 334 g/mol. The lowest BCUT2D eigenvalue weighted by Gasteiger charge is -2.09. The first-order chi connectivity index (χ1) is 11.6. The summed E-state index contributed by atoms with van der Waals surface area (Å²) in [5.74, 6) is -0.508. The monoisotopic (exact) mass is 345 g/mol. The van der Waals surface area contributed by atoms with Gasteiger partial charge in [0.05, 0.1) is 6.61 Å². The fourth-order valence-electron chi connectivity index (χ4n) is 2.03. The zero-order valence-corrected chi connectivity index (χ0v) is 13.3. The summed E-state index contributed by atoms with van der Waals surface area (Å²) in [6, 6.07) is 8.27. The van der Waals surface area contributed by atoms with Gasteiger partial charge in [-0.3, -0.25) is 0 Å². The molecule has 8 heteroatoms. The van der Waals surface area contributed by atoms with Crippen molar-refractivity contribution in [1.29, 1.82) is 0 Å². The number of aromatic nitrogens is 3. The van der Waals surface area contributed by atoms with Gasteiger partial charge in [-0.25, -0.2) is 19.7 Å². The minimum atomic E-state index is -0.757. The third-order valence-corrected chi connectivity index (χ3v) is 3.33. The fourth-order valence-corrected chi connectivity index (χ4v) is 2.26. The van der Waals surface area contributed by atoms with Crippen LogP contribution < -0.4 is 4.74 Å². The Bertz CT molecular complexity index is 903. The summed E-state index contributed by atoms with van der Waals surface area (Å²) in [6.45, 7) is 1.81. The molecule has 1 N–H and O–H groups in total. The first-order valence-corrected chi connectivity index (χ1v) is 7.43. The van der Waals surface area contributed by atoms with Crippen LogP contribution in [0.1, 0.15) is 17.4 Å². The lowest BCUT2D eigenvalue weighted by atomic mass is 10.2. The lowest BCUT2D eigenvalue weighted by Crippen LogP contribution is -2.08. The van der Waals surface area contributed by atoms with Gasteiger partial charge in [0.25, 0.3) is 0 Å². The van der Waals surface area contributed by atoms with Crippen LogP contribution in [0.5, 0.6) is 17.5 Å². The second-order valence-corrected chi connectivity index (χ2v) is 4.99. The molecule has 3 rings (SSSR count). The number of nitrogens with zero attached hydrogens (tertiary/aromatic N) is 3. The molecule has 0 fully saturated rings. The number of carbonyl (C=O) groups excluding carboxylic acids is 1. The van der Waals surface area contributed by atoms with Crippen molar-refractivity contribution in [2.75, 3.05) is 6.61 Å². The molecule has 0 aliphatic heterocycles. The Morgan fingerprint density at radius 1 is 1.21 bits per heavy atom. The number of pyridine rings is 3. The highest BCUT2D eigenvalue weighted by Crippen LogP contribution is 2.33. The van der Waals surface area contributed by atoms with Gasteiger partial charge >= 0.3 is 5.97 Å². The standard InChI is InChI=1S/C16H12ClN3O4/c1-2-23-16(22)13-14(21)9-6-7-11(19-12(9)15(17)20-13)24-10-5-3-4-8-18-10/h3-8,21H,2H2,1H3. The number of aromatic hydroxyl groups is 1. The molecular formula is C16H12ClN3O4. The van der Waals surface area contributed by atoms with Gasteiger partial charge in [-0.1, -0.05) is 17.7 Å². The van der Waals surface area contributed by atoms with E-state index in [4.69, 9.17) is 21.1 Å². The van der Waals surface area contributed by atoms with Gasteiger partial charge in [0, 0.05) is 23.7 Å². The van der Waals surface area contributed by atoms with Crippen molar-refractivity contribution in [1.82, 2.24) is 15.0 Å². The summed E-state index contributed by atoms with van der Waals surface area (Å²) in [4.78, 5) is 23.9.